The lowest BCUT2D eigenvalue weighted by molar-refractivity contribution is -0.656. The van der Waals surface area contributed by atoms with Crippen LogP contribution in [0.3, 0.4) is 0 Å². The van der Waals surface area contributed by atoms with Crippen molar-refractivity contribution in [2.45, 2.75) is 0 Å². The Morgan fingerprint density at radius 2 is 2.06 bits per heavy atom. The van der Waals surface area contributed by atoms with Gasteiger partial charge in [0, 0.05) is 23.9 Å². The minimum atomic E-state index is 0.750. The summed E-state index contributed by atoms with van der Waals surface area (Å²) in [6, 6.07) is 10.1. The van der Waals surface area contributed by atoms with E-state index in [-0.39, 0.29) is 0 Å². The number of azo groups is 1. The summed E-state index contributed by atoms with van der Waals surface area (Å²) >= 11 is 1.30. The highest BCUT2D eigenvalue weighted by Gasteiger charge is 2.07. The molecule has 0 N–H and O–H groups in total. The molecule has 0 saturated heterocycles. The maximum absolute atomic E-state index is 5.31. The van der Waals surface area contributed by atoms with Crippen molar-refractivity contribution in [2.75, 3.05) is 11.9 Å². The van der Waals surface area contributed by atoms with Crippen LogP contribution in [0.15, 0.2) is 40.8 Å². The van der Waals surface area contributed by atoms with Gasteiger partial charge in [0.15, 0.2) is 0 Å². The quantitative estimate of drug-likeness (QED) is 0.367. The molecule has 0 bridgehead atoms. The molecule has 0 saturated carbocycles. The molecule has 0 atom stereocenters. The number of rotatable bonds is 3. The number of benzene rings is 1. The third kappa shape index (κ3) is 2.70. The topological polar surface area (TPSA) is 44.7 Å². The van der Waals surface area contributed by atoms with Crippen LogP contribution in [-0.4, -0.2) is 11.4 Å². The normalized spacial score (nSPS) is 10.5. The number of nitrogens with zero attached hydrogens (tertiary/aromatic N) is 5. The number of aryl methyl sites for hydroxylation is 1. The Morgan fingerprint density at radius 1 is 1.33 bits per heavy atom. The number of terminal acetylenes is 1. The fraction of sp³-hybridized carbons (Fsp3) is 0.167. The Bertz CT molecular complexity index is 594. The highest BCUT2D eigenvalue weighted by molar-refractivity contribution is 7.08. The second-order valence-electron chi connectivity index (χ2n) is 3.61. The van der Waals surface area contributed by atoms with Crippen molar-refractivity contribution in [3.05, 3.63) is 30.6 Å². The summed E-state index contributed by atoms with van der Waals surface area (Å²) in [4.78, 5) is 1.70. The molecule has 1 aromatic heterocycles. The van der Waals surface area contributed by atoms with E-state index in [1.807, 2.05) is 42.9 Å². The molecule has 90 valence electrons. The minimum absolute atomic E-state index is 0.750. The van der Waals surface area contributed by atoms with Gasteiger partial charge in [-0.2, -0.15) is 0 Å². The van der Waals surface area contributed by atoms with Crippen LogP contribution >= 0.6 is 11.5 Å². The first-order valence-corrected chi connectivity index (χ1v) is 6.00. The van der Waals surface area contributed by atoms with Crippen molar-refractivity contribution in [3.8, 4) is 12.5 Å². The Kier molecular flexibility index (Phi) is 3.65. The first kappa shape index (κ1) is 12.2. The minimum Gasteiger partial charge on any atom is -0.305 e. The summed E-state index contributed by atoms with van der Waals surface area (Å²) in [5.74, 6) is 0. The fourth-order valence-corrected chi connectivity index (χ4v) is 1.80. The summed E-state index contributed by atoms with van der Waals surface area (Å²) < 4.78 is 5.82. The van der Waals surface area contributed by atoms with Crippen molar-refractivity contribution < 1.29 is 4.57 Å². The Labute approximate surface area is 110 Å². The molecule has 6 heteroatoms. The van der Waals surface area contributed by atoms with E-state index in [2.05, 4.69) is 20.6 Å². The molecule has 0 radical (unpaired) electrons. The Morgan fingerprint density at radius 3 is 2.61 bits per heavy atom. The lowest BCUT2D eigenvalue weighted by Crippen LogP contribution is -2.23. The van der Waals surface area contributed by atoms with Gasteiger partial charge in [-0.05, 0) is 28.6 Å². The van der Waals surface area contributed by atoms with Gasteiger partial charge < -0.3 is 4.90 Å². The molecule has 5 nitrogen and oxygen atoms in total. The van der Waals surface area contributed by atoms with Crippen LogP contribution in [-0.2, 0) is 7.05 Å². The molecule has 18 heavy (non-hydrogen) atoms. The summed E-state index contributed by atoms with van der Waals surface area (Å²) in [7, 11) is 3.71. The van der Waals surface area contributed by atoms with Crippen LogP contribution in [0.4, 0.5) is 16.5 Å². The highest BCUT2D eigenvalue weighted by Crippen LogP contribution is 2.21. The third-order valence-electron chi connectivity index (χ3n) is 2.34. The van der Waals surface area contributed by atoms with E-state index in [1.165, 1.54) is 11.5 Å². The zero-order chi connectivity index (χ0) is 13.0. The maximum atomic E-state index is 5.31. The molecule has 1 aromatic carbocycles. The van der Waals surface area contributed by atoms with Gasteiger partial charge in [-0.1, -0.05) is 11.5 Å². The van der Waals surface area contributed by atoms with Crippen LogP contribution in [0.2, 0.25) is 0 Å². The Balaban J connectivity index is 2.14. The number of anilines is 1. The monoisotopic (exact) mass is 258 g/mol. The van der Waals surface area contributed by atoms with E-state index in [9.17, 15) is 0 Å². The lowest BCUT2D eigenvalue weighted by atomic mass is 10.3. The SMILES string of the molecule is C#CN(C)c1ccc(/N=N/c2snc[n+]2C)cc1. The average molecular weight is 258 g/mol. The molecule has 0 unspecified atom stereocenters. The van der Waals surface area contributed by atoms with E-state index < -0.39 is 0 Å². The fourth-order valence-electron chi connectivity index (χ4n) is 1.26. The van der Waals surface area contributed by atoms with E-state index in [0.717, 1.165) is 16.5 Å². The van der Waals surface area contributed by atoms with E-state index in [1.54, 1.807) is 11.2 Å². The van der Waals surface area contributed by atoms with Gasteiger partial charge in [0.05, 0.1) is 7.05 Å². The van der Waals surface area contributed by atoms with Crippen molar-refractivity contribution in [2.24, 2.45) is 17.3 Å². The maximum Gasteiger partial charge on any atom is 0.378 e. The smallest absolute Gasteiger partial charge is 0.305 e. The van der Waals surface area contributed by atoms with Gasteiger partial charge in [0.2, 0.25) is 6.33 Å². The largest absolute Gasteiger partial charge is 0.378 e. The van der Waals surface area contributed by atoms with Gasteiger partial charge in [0.25, 0.3) is 0 Å². The summed E-state index contributed by atoms with van der Waals surface area (Å²) in [5.41, 5.74) is 1.72. The molecule has 0 spiro atoms. The predicted molar refractivity (Wildman–Crippen MR) is 71.1 cm³/mol. The van der Waals surface area contributed by atoms with Gasteiger partial charge in [-0.25, -0.2) is 4.57 Å². The van der Waals surface area contributed by atoms with E-state index >= 15 is 0 Å². The molecule has 0 fully saturated rings. The molecule has 0 aliphatic heterocycles. The number of aromatic nitrogens is 2. The molecule has 2 rings (SSSR count). The molecule has 2 aromatic rings. The zero-order valence-electron chi connectivity index (χ0n) is 10.1. The van der Waals surface area contributed by atoms with Crippen molar-refractivity contribution in [1.82, 2.24) is 4.37 Å². The van der Waals surface area contributed by atoms with Gasteiger partial charge in [-0.3, -0.25) is 0 Å². The predicted octanol–water partition coefficient (Wildman–Crippen LogP) is 2.41. The molecular formula is C12H12N5S+. The summed E-state index contributed by atoms with van der Waals surface area (Å²) in [6.45, 7) is 0. The summed E-state index contributed by atoms with van der Waals surface area (Å²) in [6.07, 6.45) is 7.01. The standard InChI is InChI=1S/C12H12N5S/c1-4-16(2)11-7-5-10(6-8-11)14-15-12-17(3)9-13-18-12/h1,5-9H,2-3H3/q+1. The van der Waals surface area contributed by atoms with Crippen LogP contribution in [0.1, 0.15) is 0 Å². The van der Waals surface area contributed by atoms with E-state index in [4.69, 9.17) is 6.42 Å². The lowest BCUT2D eigenvalue weighted by Gasteiger charge is -2.09. The second-order valence-corrected chi connectivity index (χ2v) is 4.37. The van der Waals surface area contributed by atoms with Gasteiger partial charge >= 0.3 is 5.13 Å². The van der Waals surface area contributed by atoms with E-state index in [0.29, 0.717) is 0 Å². The number of hydrogen-bond donors (Lipinski definition) is 0. The Hall–Kier alpha value is -2.26. The molecule has 0 aliphatic carbocycles. The summed E-state index contributed by atoms with van der Waals surface area (Å²) in [5, 5.41) is 9.01. The molecular weight excluding hydrogens is 246 g/mol. The molecule has 0 amide bonds. The van der Waals surface area contributed by atoms with Gasteiger partial charge in [0.1, 0.15) is 17.2 Å². The van der Waals surface area contributed by atoms with Crippen molar-refractivity contribution in [1.29, 1.82) is 0 Å². The van der Waals surface area contributed by atoms with Crippen molar-refractivity contribution in [3.63, 3.8) is 0 Å². The molecule has 0 aliphatic rings. The number of hydrogen-bond acceptors (Lipinski definition) is 5. The van der Waals surface area contributed by atoms with Crippen LogP contribution < -0.4 is 9.47 Å². The second kappa shape index (κ2) is 5.38. The van der Waals surface area contributed by atoms with Crippen LogP contribution in [0.25, 0.3) is 0 Å². The first-order valence-electron chi connectivity index (χ1n) is 5.23. The van der Waals surface area contributed by atoms with Crippen molar-refractivity contribution >= 4 is 28.0 Å². The highest BCUT2D eigenvalue weighted by atomic mass is 32.1. The molecule has 1 heterocycles. The zero-order valence-corrected chi connectivity index (χ0v) is 10.9. The van der Waals surface area contributed by atoms with Gasteiger partial charge in [-0.15, -0.1) is 0 Å². The van der Waals surface area contributed by atoms with Crippen LogP contribution in [0, 0.1) is 12.5 Å². The average Bonchev–Trinajstić information content (AvgIpc) is 2.81. The third-order valence-corrected chi connectivity index (χ3v) is 3.07. The first-order chi connectivity index (χ1) is 8.70. The van der Waals surface area contributed by atoms with Crippen LogP contribution in [0.5, 0.6) is 0 Å².